The average Bonchev–Trinajstić information content (AvgIpc) is 2.82. The summed E-state index contributed by atoms with van der Waals surface area (Å²) in [5, 5.41) is 13.2. The van der Waals surface area contributed by atoms with E-state index in [0.29, 0.717) is 22.6 Å². The summed E-state index contributed by atoms with van der Waals surface area (Å²) in [6, 6.07) is 15.1. The molecule has 0 aromatic heterocycles. The van der Waals surface area contributed by atoms with Crippen molar-refractivity contribution in [2.75, 3.05) is 12.0 Å². The lowest BCUT2D eigenvalue weighted by atomic mass is 10.0. The van der Waals surface area contributed by atoms with E-state index in [1.54, 1.807) is 30.3 Å². The number of urea groups is 1. The minimum absolute atomic E-state index is 0.0527. The number of carbonyl (C=O) groups excluding carboxylic acids is 3. The van der Waals surface area contributed by atoms with Crippen LogP contribution in [0.25, 0.3) is 6.08 Å². The molecule has 1 fully saturated rings. The number of carbonyl (C=O) groups is 3. The number of ether oxygens (including phenoxy) is 1. The van der Waals surface area contributed by atoms with Crippen LogP contribution in [0.2, 0.25) is 0 Å². The fourth-order valence-electron chi connectivity index (χ4n) is 3.67. The molecule has 3 aromatic carbocycles. The molecule has 10 heteroatoms. The SMILES string of the molecule is COc1cc(/C=C2\C(=O)NC(=O)N(c3cccc([N+](=O)[O-])c3)C2=O)ccc1Cc1cccc(F)c1. The van der Waals surface area contributed by atoms with Gasteiger partial charge in [0.25, 0.3) is 17.5 Å². The Labute approximate surface area is 198 Å². The highest BCUT2D eigenvalue weighted by molar-refractivity contribution is 6.39. The van der Waals surface area contributed by atoms with E-state index in [1.165, 1.54) is 43.5 Å². The van der Waals surface area contributed by atoms with Gasteiger partial charge in [-0.3, -0.25) is 25.0 Å². The summed E-state index contributed by atoms with van der Waals surface area (Å²) in [5.74, 6) is -1.72. The van der Waals surface area contributed by atoms with E-state index in [1.807, 2.05) is 0 Å². The largest absolute Gasteiger partial charge is 0.496 e. The smallest absolute Gasteiger partial charge is 0.335 e. The van der Waals surface area contributed by atoms with Gasteiger partial charge in [-0.25, -0.2) is 14.1 Å². The number of nitrogens with zero attached hydrogens (tertiary/aromatic N) is 2. The van der Waals surface area contributed by atoms with Crippen molar-refractivity contribution < 1.29 is 28.4 Å². The zero-order valence-electron chi connectivity index (χ0n) is 18.4. The summed E-state index contributed by atoms with van der Waals surface area (Å²) in [6.07, 6.45) is 1.69. The molecule has 0 spiro atoms. The fraction of sp³-hybridized carbons (Fsp3) is 0.0800. The predicted molar refractivity (Wildman–Crippen MR) is 124 cm³/mol. The quantitative estimate of drug-likeness (QED) is 0.249. The number of nitro groups is 1. The highest BCUT2D eigenvalue weighted by atomic mass is 19.1. The van der Waals surface area contributed by atoms with Crippen LogP contribution >= 0.6 is 0 Å². The molecule has 4 rings (SSSR count). The number of nitro benzene ring substituents is 1. The van der Waals surface area contributed by atoms with Crippen LogP contribution in [0.3, 0.4) is 0 Å². The molecule has 4 amide bonds. The monoisotopic (exact) mass is 475 g/mol. The van der Waals surface area contributed by atoms with Crippen LogP contribution in [0, 0.1) is 15.9 Å². The van der Waals surface area contributed by atoms with E-state index < -0.39 is 22.8 Å². The Balaban J connectivity index is 1.66. The number of amides is 4. The maximum Gasteiger partial charge on any atom is 0.335 e. The summed E-state index contributed by atoms with van der Waals surface area (Å²) in [5.41, 5.74) is 1.23. The second kappa shape index (κ2) is 9.56. The van der Waals surface area contributed by atoms with Crippen molar-refractivity contribution >= 4 is 35.3 Å². The van der Waals surface area contributed by atoms with Crippen molar-refractivity contribution in [3.8, 4) is 5.75 Å². The standard InChI is InChI=1S/C25H18FN3O6/c1-35-22-13-16(8-9-17(22)10-15-4-2-5-18(26)11-15)12-21-23(30)27-25(32)28(24(21)31)19-6-3-7-20(14-19)29(33)34/h2-9,11-14H,10H2,1H3,(H,27,30,32)/b21-12+. The van der Waals surface area contributed by atoms with Crippen LogP contribution < -0.4 is 15.0 Å². The first kappa shape index (κ1) is 23.3. The number of barbiturate groups is 1. The number of benzene rings is 3. The molecule has 1 saturated heterocycles. The van der Waals surface area contributed by atoms with Gasteiger partial charge in [0.1, 0.15) is 17.1 Å². The minimum atomic E-state index is -1.01. The Kier molecular flexibility index (Phi) is 6.36. The molecule has 176 valence electrons. The lowest BCUT2D eigenvalue weighted by Gasteiger charge is -2.26. The first-order valence-corrected chi connectivity index (χ1v) is 10.3. The predicted octanol–water partition coefficient (Wildman–Crippen LogP) is 4.00. The summed E-state index contributed by atoms with van der Waals surface area (Å²) in [7, 11) is 1.46. The maximum atomic E-state index is 13.5. The van der Waals surface area contributed by atoms with Gasteiger partial charge < -0.3 is 4.74 Å². The third-order valence-electron chi connectivity index (χ3n) is 5.31. The number of imide groups is 2. The van der Waals surface area contributed by atoms with Gasteiger partial charge in [-0.2, -0.15) is 0 Å². The van der Waals surface area contributed by atoms with E-state index in [4.69, 9.17) is 4.74 Å². The third-order valence-corrected chi connectivity index (χ3v) is 5.31. The van der Waals surface area contributed by atoms with Crippen LogP contribution in [-0.4, -0.2) is 29.9 Å². The minimum Gasteiger partial charge on any atom is -0.496 e. The Hall–Kier alpha value is -4.86. The van der Waals surface area contributed by atoms with Gasteiger partial charge in [-0.05, 0) is 47.0 Å². The Bertz CT molecular complexity index is 1400. The molecule has 0 saturated carbocycles. The second-order valence-corrected chi connectivity index (χ2v) is 7.61. The number of methoxy groups -OCH3 is 1. The van der Waals surface area contributed by atoms with E-state index >= 15 is 0 Å². The van der Waals surface area contributed by atoms with Gasteiger partial charge in [0.05, 0.1) is 17.7 Å². The lowest BCUT2D eigenvalue weighted by molar-refractivity contribution is -0.384. The Morgan fingerprint density at radius 1 is 1.06 bits per heavy atom. The van der Waals surface area contributed by atoms with E-state index in [0.717, 1.165) is 17.2 Å². The van der Waals surface area contributed by atoms with Gasteiger partial charge in [0.15, 0.2) is 0 Å². The van der Waals surface area contributed by atoms with Crippen molar-refractivity contribution in [1.29, 1.82) is 0 Å². The van der Waals surface area contributed by atoms with E-state index in [2.05, 4.69) is 5.32 Å². The van der Waals surface area contributed by atoms with Crippen molar-refractivity contribution in [2.24, 2.45) is 0 Å². The zero-order chi connectivity index (χ0) is 25.1. The molecular formula is C25H18FN3O6. The molecule has 0 bridgehead atoms. The highest BCUT2D eigenvalue weighted by Crippen LogP contribution is 2.28. The van der Waals surface area contributed by atoms with Crippen LogP contribution in [0.4, 0.5) is 20.6 Å². The summed E-state index contributed by atoms with van der Waals surface area (Å²) >= 11 is 0. The van der Waals surface area contributed by atoms with Crippen LogP contribution in [0.15, 0.2) is 72.3 Å². The molecule has 1 aliphatic rings. The third kappa shape index (κ3) is 4.91. The van der Waals surface area contributed by atoms with Gasteiger partial charge in [-0.1, -0.05) is 30.3 Å². The molecule has 35 heavy (non-hydrogen) atoms. The number of rotatable bonds is 6. The molecule has 3 aromatic rings. The zero-order valence-corrected chi connectivity index (χ0v) is 18.4. The molecule has 1 aliphatic heterocycles. The van der Waals surface area contributed by atoms with E-state index in [-0.39, 0.29) is 22.8 Å². The normalized spacial score (nSPS) is 14.7. The Morgan fingerprint density at radius 3 is 2.54 bits per heavy atom. The number of anilines is 1. The highest BCUT2D eigenvalue weighted by Gasteiger charge is 2.37. The molecule has 0 atom stereocenters. The van der Waals surface area contributed by atoms with E-state index in [9.17, 15) is 28.9 Å². The van der Waals surface area contributed by atoms with Crippen molar-refractivity contribution in [2.45, 2.75) is 6.42 Å². The maximum absolute atomic E-state index is 13.5. The second-order valence-electron chi connectivity index (χ2n) is 7.61. The molecule has 9 nitrogen and oxygen atoms in total. The van der Waals surface area contributed by atoms with Gasteiger partial charge in [0, 0.05) is 18.6 Å². The number of hydrogen-bond donors (Lipinski definition) is 1. The molecule has 1 N–H and O–H groups in total. The topological polar surface area (TPSA) is 119 Å². The fourth-order valence-corrected chi connectivity index (χ4v) is 3.67. The summed E-state index contributed by atoms with van der Waals surface area (Å²) < 4.78 is 19.0. The number of hydrogen-bond acceptors (Lipinski definition) is 6. The molecule has 0 unspecified atom stereocenters. The van der Waals surface area contributed by atoms with Crippen molar-refractivity contribution in [1.82, 2.24) is 5.32 Å². The molecular weight excluding hydrogens is 457 g/mol. The average molecular weight is 475 g/mol. The van der Waals surface area contributed by atoms with Crippen LogP contribution in [0.5, 0.6) is 5.75 Å². The van der Waals surface area contributed by atoms with Gasteiger partial charge in [0.2, 0.25) is 0 Å². The summed E-state index contributed by atoms with van der Waals surface area (Å²) in [4.78, 5) is 49.0. The number of non-ortho nitro benzene ring substituents is 1. The van der Waals surface area contributed by atoms with Crippen molar-refractivity contribution in [3.05, 3.63) is 105 Å². The first-order valence-electron chi connectivity index (χ1n) is 10.3. The lowest BCUT2D eigenvalue weighted by Crippen LogP contribution is -2.54. The first-order chi connectivity index (χ1) is 16.8. The van der Waals surface area contributed by atoms with Crippen molar-refractivity contribution in [3.63, 3.8) is 0 Å². The van der Waals surface area contributed by atoms with Gasteiger partial charge in [-0.15, -0.1) is 0 Å². The van der Waals surface area contributed by atoms with Crippen LogP contribution in [0.1, 0.15) is 16.7 Å². The molecule has 0 aliphatic carbocycles. The van der Waals surface area contributed by atoms with Crippen LogP contribution in [-0.2, 0) is 16.0 Å². The number of halogens is 1. The summed E-state index contributed by atoms with van der Waals surface area (Å²) in [6.45, 7) is 0. The number of nitrogens with one attached hydrogen (secondary N) is 1. The molecule has 1 heterocycles. The molecule has 0 radical (unpaired) electrons. The Morgan fingerprint density at radius 2 is 1.83 bits per heavy atom. The van der Waals surface area contributed by atoms with Gasteiger partial charge >= 0.3 is 6.03 Å².